The molecule has 35 heavy (non-hydrogen) atoms. The minimum Gasteiger partial charge on any atom is -0.296 e. The van der Waals surface area contributed by atoms with Crippen molar-refractivity contribution >= 4 is 11.4 Å². The molecule has 5 nitrogen and oxygen atoms in total. The molecule has 0 aliphatic rings. The van der Waals surface area contributed by atoms with Crippen LogP contribution in [0.2, 0.25) is 0 Å². The van der Waals surface area contributed by atoms with Gasteiger partial charge >= 0.3 is 0 Å². The predicted octanol–water partition coefficient (Wildman–Crippen LogP) is 6.35. The number of nitrogens with zero attached hydrogens (tertiary/aromatic N) is 4. The molecule has 0 amide bonds. The van der Waals surface area contributed by atoms with Gasteiger partial charge in [0.1, 0.15) is 11.7 Å². The fourth-order valence-corrected chi connectivity index (χ4v) is 4.16. The molecule has 172 valence electrons. The second-order valence-corrected chi connectivity index (χ2v) is 8.28. The molecule has 5 aromatic rings. The standard InChI is InChI=1S/C30H27N5/c1-23(29-24(2)32-35(33-29)28-21-13-6-14-22-28)31-34(27-19-11-5-12-20-27)30(25-15-7-3-8-16-25)26-17-9-4-10-18-26/h3-22,30-31H,1H2,2H3. The van der Waals surface area contributed by atoms with E-state index in [0.717, 1.165) is 33.9 Å². The molecular weight excluding hydrogens is 430 g/mol. The number of aromatic nitrogens is 3. The summed E-state index contributed by atoms with van der Waals surface area (Å²) in [5, 5.41) is 11.5. The highest BCUT2D eigenvalue weighted by Gasteiger charge is 2.25. The lowest BCUT2D eigenvalue weighted by Gasteiger charge is -2.35. The van der Waals surface area contributed by atoms with E-state index < -0.39 is 0 Å². The lowest BCUT2D eigenvalue weighted by Crippen LogP contribution is -2.40. The van der Waals surface area contributed by atoms with Gasteiger partial charge in [0.25, 0.3) is 0 Å². The van der Waals surface area contributed by atoms with E-state index in [2.05, 4.69) is 82.8 Å². The molecule has 0 unspecified atom stereocenters. The smallest absolute Gasteiger partial charge is 0.133 e. The summed E-state index contributed by atoms with van der Waals surface area (Å²) in [5.74, 6) is 0. The lowest BCUT2D eigenvalue weighted by molar-refractivity contribution is 0.661. The van der Waals surface area contributed by atoms with Gasteiger partial charge in [-0.05, 0) is 42.3 Å². The van der Waals surface area contributed by atoms with Gasteiger partial charge in [-0.15, -0.1) is 5.10 Å². The molecule has 4 aromatic carbocycles. The van der Waals surface area contributed by atoms with E-state index >= 15 is 0 Å². The number of benzene rings is 4. The van der Waals surface area contributed by atoms with Crippen LogP contribution in [0.3, 0.4) is 0 Å². The summed E-state index contributed by atoms with van der Waals surface area (Å²) in [4.78, 5) is 1.65. The molecular formula is C30H27N5. The highest BCUT2D eigenvalue weighted by molar-refractivity contribution is 5.64. The van der Waals surface area contributed by atoms with E-state index in [1.807, 2.05) is 67.6 Å². The largest absolute Gasteiger partial charge is 0.296 e. The van der Waals surface area contributed by atoms with Crippen molar-refractivity contribution in [3.8, 4) is 5.69 Å². The van der Waals surface area contributed by atoms with E-state index in [1.54, 1.807) is 4.80 Å². The van der Waals surface area contributed by atoms with Crippen LogP contribution in [0, 0.1) is 6.92 Å². The van der Waals surface area contributed by atoms with Gasteiger partial charge in [0.15, 0.2) is 0 Å². The quantitative estimate of drug-likeness (QED) is 0.276. The van der Waals surface area contributed by atoms with Crippen LogP contribution < -0.4 is 10.4 Å². The monoisotopic (exact) mass is 457 g/mol. The Hall–Kier alpha value is -4.64. The van der Waals surface area contributed by atoms with Crippen LogP contribution in [0.4, 0.5) is 5.69 Å². The number of nitrogens with one attached hydrogen (secondary N) is 1. The zero-order valence-corrected chi connectivity index (χ0v) is 19.6. The maximum absolute atomic E-state index is 4.75. The zero-order chi connectivity index (χ0) is 24.0. The SMILES string of the molecule is C=C(NN(c1ccccc1)C(c1ccccc1)c1ccccc1)c1nn(-c2ccccc2)nc1C. The highest BCUT2D eigenvalue weighted by Crippen LogP contribution is 2.32. The van der Waals surface area contributed by atoms with E-state index in [0.29, 0.717) is 5.70 Å². The Bertz CT molecular complexity index is 1340. The van der Waals surface area contributed by atoms with E-state index in [-0.39, 0.29) is 6.04 Å². The Morgan fingerprint density at radius 1 is 0.714 bits per heavy atom. The summed E-state index contributed by atoms with van der Waals surface area (Å²) in [6.45, 7) is 6.31. The van der Waals surface area contributed by atoms with Crippen molar-refractivity contribution in [3.05, 3.63) is 150 Å². The average molecular weight is 458 g/mol. The molecule has 5 heteroatoms. The van der Waals surface area contributed by atoms with Gasteiger partial charge in [0.05, 0.1) is 22.8 Å². The van der Waals surface area contributed by atoms with Crippen molar-refractivity contribution in [2.24, 2.45) is 0 Å². The zero-order valence-electron chi connectivity index (χ0n) is 19.6. The number of hydrogen-bond acceptors (Lipinski definition) is 4. The second kappa shape index (κ2) is 10.1. The Balaban J connectivity index is 1.55. The van der Waals surface area contributed by atoms with Crippen LogP contribution in [0.5, 0.6) is 0 Å². The molecule has 5 rings (SSSR count). The molecule has 0 bridgehead atoms. The Kier molecular flexibility index (Phi) is 6.39. The minimum atomic E-state index is -0.0963. The Morgan fingerprint density at radius 3 is 1.74 bits per heavy atom. The molecule has 1 N–H and O–H groups in total. The van der Waals surface area contributed by atoms with Crippen molar-refractivity contribution in [3.63, 3.8) is 0 Å². The predicted molar refractivity (Wildman–Crippen MR) is 142 cm³/mol. The molecule has 0 aliphatic carbocycles. The first-order valence-electron chi connectivity index (χ1n) is 11.6. The van der Waals surface area contributed by atoms with Gasteiger partial charge in [0, 0.05) is 0 Å². The molecule has 0 saturated carbocycles. The molecule has 0 spiro atoms. The first-order valence-corrected chi connectivity index (χ1v) is 11.6. The van der Waals surface area contributed by atoms with Crippen molar-refractivity contribution in [2.45, 2.75) is 13.0 Å². The number of rotatable bonds is 8. The van der Waals surface area contributed by atoms with E-state index in [1.165, 1.54) is 0 Å². The Morgan fingerprint density at radius 2 is 1.20 bits per heavy atom. The summed E-state index contributed by atoms with van der Waals surface area (Å²) in [5.41, 5.74) is 10.0. The second-order valence-electron chi connectivity index (χ2n) is 8.28. The Labute approximate surface area is 206 Å². The maximum Gasteiger partial charge on any atom is 0.133 e. The summed E-state index contributed by atoms with van der Waals surface area (Å²) in [7, 11) is 0. The van der Waals surface area contributed by atoms with E-state index in [9.17, 15) is 0 Å². The molecule has 1 heterocycles. The van der Waals surface area contributed by atoms with Gasteiger partial charge < -0.3 is 0 Å². The first-order chi connectivity index (χ1) is 17.2. The number of hydrogen-bond donors (Lipinski definition) is 1. The number of para-hydroxylation sites is 2. The lowest BCUT2D eigenvalue weighted by atomic mass is 9.97. The van der Waals surface area contributed by atoms with Crippen molar-refractivity contribution in [1.82, 2.24) is 20.4 Å². The van der Waals surface area contributed by atoms with Gasteiger partial charge in [0.2, 0.25) is 0 Å². The fraction of sp³-hybridized carbons (Fsp3) is 0.0667. The highest BCUT2D eigenvalue weighted by atomic mass is 15.5. The minimum absolute atomic E-state index is 0.0963. The third-order valence-corrected chi connectivity index (χ3v) is 5.83. The molecule has 0 saturated heterocycles. The fourth-order valence-electron chi connectivity index (χ4n) is 4.16. The van der Waals surface area contributed by atoms with Crippen LogP contribution in [0.25, 0.3) is 11.4 Å². The molecule has 0 atom stereocenters. The number of aryl methyl sites for hydroxylation is 1. The van der Waals surface area contributed by atoms with Gasteiger partial charge in [-0.1, -0.05) is 104 Å². The summed E-state index contributed by atoms with van der Waals surface area (Å²) in [6, 6.07) is 41.0. The van der Waals surface area contributed by atoms with Crippen LogP contribution in [-0.2, 0) is 0 Å². The van der Waals surface area contributed by atoms with Crippen molar-refractivity contribution in [1.29, 1.82) is 0 Å². The average Bonchev–Trinajstić information content (AvgIpc) is 3.32. The third-order valence-electron chi connectivity index (χ3n) is 5.83. The topological polar surface area (TPSA) is 46.0 Å². The molecule has 0 aliphatic heterocycles. The van der Waals surface area contributed by atoms with Crippen LogP contribution >= 0.6 is 0 Å². The number of anilines is 1. The third kappa shape index (κ3) is 4.84. The van der Waals surface area contributed by atoms with Gasteiger partial charge in [-0.25, -0.2) is 0 Å². The van der Waals surface area contributed by atoms with Crippen LogP contribution in [-0.4, -0.2) is 15.0 Å². The molecule has 0 radical (unpaired) electrons. The normalized spacial score (nSPS) is 10.8. The van der Waals surface area contributed by atoms with Crippen molar-refractivity contribution in [2.75, 3.05) is 5.01 Å². The van der Waals surface area contributed by atoms with Crippen LogP contribution in [0.15, 0.2) is 128 Å². The summed E-state index contributed by atoms with van der Waals surface area (Å²) >= 11 is 0. The van der Waals surface area contributed by atoms with E-state index in [4.69, 9.17) is 5.10 Å². The van der Waals surface area contributed by atoms with Crippen molar-refractivity contribution < 1.29 is 0 Å². The van der Waals surface area contributed by atoms with Crippen LogP contribution in [0.1, 0.15) is 28.6 Å². The maximum atomic E-state index is 4.75. The summed E-state index contributed by atoms with van der Waals surface area (Å²) in [6.07, 6.45) is 0. The van der Waals surface area contributed by atoms with Gasteiger partial charge in [-0.2, -0.15) is 9.90 Å². The molecule has 0 fully saturated rings. The van der Waals surface area contributed by atoms with Gasteiger partial charge in [-0.3, -0.25) is 10.4 Å². The molecule has 1 aromatic heterocycles. The number of hydrazine groups is 1. The first kappa shape index (κ1) is 22.2. The summed E-state index contributed by atoms with van der Waals surface area (Å²) < 4.78 is 0.